The van der Waals surface area contributed by atoms with Crippen LogP contribution in [-0.4, -0.2) is 59.8 Å². The first-order chi connectivity index (χ1) is 18.8. The number of oxazole rings is 1. The molecule has 10 heteroatoms. The molecule has 2 amide bonds. The molecule has 2 heterocycles. The van der Waals surface area contributed by atoms with E-state index in [4.69, 9.17) is 4.42 Å². The summed E-state index contributed by atoms with van der Waals surface area (Å²) in [5.74, 6) is -1.70. The summed E-state index contributed by atoms with van der Waals surface area (Å²) in [6, 6.07) is 21.2. The van der Waals surface area contributed by atoms with Gasteiger partial charge in [-0.2, -0.15) is 0 Å². The summed E-state index contributed by atoms with van der Waals surface area (Å²) in [5.41, 5.74) is 1.31. The molecule has 1 unspecified atom stereocenters. The first-order valence-electron chi connectivity index (χ1n) is 12.6. The number of nitrogens with one attached hydrogen (secondary N) is 1. The monoisotopic (exact) mass is 545 g/mol. The zero-order valence-corrected chi connectivity index (χ0v) is 22.0. The lowest BCUT2D eigenvalue weighted by atomic mass is 10.1. The van der Waals surface area contributed by atoms with E-state index in [9.17, 15) is 22.8 Å². The molecule has 1 aromatic heterocycles. The van der Waals surface area contributed by atoms with Crippen molar-refractivity contribution in [1.29, 1.82) is 0 Å². The van der Waals surface area contributed by atoms with E-state index >= 15 is 0 Å². The molecule has 9 nitrogen and oxygen atoms in total. The number of amides is 2. The molecule has 1 aliphatic heterocycles. The molecule has 3 aromatic carbocycles. The normalized spacial score (nSPS) is 18.1. The molecule has 200 valence electrons. The van der Waals surface area contributed by atoms with Gasteiger partial charge in [0.25, 0.3) is 11.8 Å². The molecule has 0 bridgehead atoms. The van der Waals surface area contributed by atoms with Crippen molar-refractivity contribution in [2.24, 2.45) is 0 Å². The van der Waals surface area contributed by atoms with Gasteiger partial charge in [0.2, 0.25) is 11.7 Å². The third-order valence-corrected chi connectivity index (χ3v) is 9.05. The van der Waals surface area contributed by atoms with E-state index in [0.29, 0.717) is 16.7 Å². The second kappa shape index (κ2) is 10.8. The van der Waals surface area contributed by atoms with Crippen molar-refractivity contribution in [2.75, 3.05) is 6.54 Å². The summed E-state index contributed by atoms with van der Waals surface area (Å²) in [6.45, 7) is 1.58. The van der Waals surface area contributed by atoms with Crippen LogP contribution in [-0.2, 0) is 14.6 Å². The zero-order valence-electron chi connectivity index (χ0n) is 21.2. The maximum atomic E-state index is 13.6. The number of Topliss-reactive ketones (excluding diaryl/α,β-unsaturated/α-hetero) is 1. The zero-order chi connectivity index (χ0) is 27.6. The van der Waals surface area contributed by atoms with Gasteiger partial charge >= 0.3 is 0 Å². The highest BCUT2D eigenvalue weighted by Crippen LogP contribution is 2.30. The molecule has 0 spiro atoms. The second-order valence-electron chi connectivity index (χ2n) is 9.38. The molecule has 1 saturated heterocycles. The van der Waals surface area contributed by atoms with E-state index in [1.807, 2.05) is 0 Å². The van der Waals surface area contributed by atoms with Crippen LogP contribution in [0.5, 0.6) is 0 Å². The number of fused-ring (bicyclic) bond motifs is 1. The summed E-state index contributed by atoms with van der Waals surface area (Å²) < 4.78 is 32.4. The molecular weight excluding hydrogens is 518 g/mol. The number of para-hydroxylation sites is 2. The Morgan fingerprint density at radius 2 is 1.62 bits per heavy atom. The van der Waals surface area contributed by atoms with Gasteiger partial charge in [0.1, 0.15) is 11.6 Å². The number of rotatable bonds is 8. The Labute approximate surface area is 225 Å². The molecule has 0 aliphatic carbocycles. The van der Waals surface area contributed by atoms with Gasteiger partial charge < -0.3 is 14.6 Å². The standard InChI is InChI=1S/C29H27N3O6S/c1-2-22(26(33)28-31-23-15-9-10-16-25(23)38-28)30-27(34)24-17-21(39(36,37)20-13-7-4-8-14-20)18-32(24)29(35)19-11-5-3-6-12-19/h3-16,21-22,24H,2,17-18H2,1H3,(H,30,34)/t21-,22?,24+/m1/s1. The van der Waals surface area contributed by atoms with Crippen LogP contribution >= 0.6 is 0 Å². The van der Waals surface area contributed by atoms with E-state index in [0.717, 1.165) is 0 Å². The number of ketones is 1. The van der Waals surface area contributed by atoms with Gasteiger partial charge in [-0.15, -0.1) is 0 Å². The lowest BCUT2D eigenvalue weighted by Crippen LogP contribution is -2.50. The van der Waals surface area contributed by atoms with Crippen LogP contribution < -0.4 is 5.32 Å². The highest BCUT2D eigenvalue weighted by atomic mass is 32.2. The number of hydrogen-bond donors (Lipinski definition) is 1. The molecule has 0 saturated carbocycles. The lowest BCUT2D eigenvalue weighted by molar-refractivity contribution is -0.125. The fourth-order valence-corrected chi connectivity index (χ4v) is 6.51. The highest BCUT2D eigenvalue weighted by Gasteiger charge is 2.46. The van der Waals surface area contributed by atoms with Crippen molar-refractivity contribution in [3.05, 3.63) is 96.4 Å². The predicted molar refractivity (Wildman–Crippen MR) is 144 cm³/mol. The molecule has 1 N–H and O–H groups in total. The Morgan fingerprint density at radius 3 is 2.28 bits per heavy atom. The van der Waals surface area contributed by atoms with Crippen molar-refractivity contribution >= 4 is 38.5 Å². The number of aromatic nitrogens is 1. The third-order valence-electron chi connectivity index (χ3n) is 6.90. The Bertz CT molecular complexity index is 1590. The highest BCUT2D eigenvalue weighted by molar-refractivity contribution is 7.92. The number of hydrogen-bond acceptors (Lipinski definition) is 7. The van der Waals surface area contributed by atoms with Gasteiger partial charge in [0.05, 0.1) is 16.2 Å². The van der Waals surface area contributed by atoms with Gasteiger partial charge in [-0.3, -0.25) is 14.4 Å². The summed E-state index contributed by atoms with van der Waals surface area (Å²) in [5, 5.41) is 1.73. The molecular formula is C29H27N3O6S. The number of carbonyl (C=O) groups excluding carboxylic acids is 3. The fraction of sp³-hybridized carbons (Fsp3) is 0.241. The molecule has 5 rings (SSSR count). The molecule has 4 aromatic rings. The van der Waals surface area contributed by atoms with Gasteiger partial charge in [-0.05, 0) is 49.2 Å². The summed E-state index contributed by atoms with van der Waals surface area (Å²) >= 11 is 0. The topological polar surface area (TPSA) is 127 Å². The van der Waals surface area contributed by atoms with Crippen LogP contribution in [0, 0.1) is 0 Å². The van der Waals surface area contributed by atoms with Crippen LogP contribution in [0.2, 0.25) is 0 Å². The SMILES string of the molecule is CCC(NC(=O)[C@@H]1C[C@@H](S(=O)(=O)c2ccccc2)CN1C(=O)c1ccccc1)C(=O)c1nc2ccccc2o1. The van der Waals surface area contributed by atoms with Gasteiger partial charge in [-0.1, -0.05) is 55.5 Å². The summed E-state index contributed by atoms with van der Waals surface area (Å²) in [6.07, 6.45) is 0.142. The van der Waals surface area contributed by atoms with Gasteiger partial charge in [-0.25, -0.2) is 13.4 Å². The minimum Gasteiger partial charge on any atom is -0.434 e. The van der Waals surface area contributed by atoms with E-state index in [1.165, 1.54) is 17.0 Å². The fourth-order valence-electron chi connectivity index (χ4n) is 4.79. The Hall–Kier alpha value is -4.31. The minimum atomic E-state index is -3.83. The minimum absolute atomic E-state index is 0.102. The van der Waals surface area contributed by atoms with E-state index in [1.54, 1.807) is 79.7 Å². The Morgan fingerprint density at radius 1 is 0.974 bits per heavy atom. The molecule has 1 aliphatic rings. The van der Waals surface area contributed by atoms with E-state index in [2.05, 4.69) is 10.3 Å². The maximum absolute atomic E-state index is 13.6. The van der Waals surface area contributed by atoms with Crippen molar-refractivity contribution in [3.8, 4) is 0 Å². The van der Waals surface area contributed by atoms with Crippen molar-refractivity contribution in [2.45, 2.75) is 42.0 Å². The van der Waals surface area contributed by atoms with E-state index in [-0.39, 0.29) is 30.2 Å². The van der Waals surface area contributed by atoms with E-state index < -0.39 is 44.8 Å². The third kappa shape index (κ3) is 5.20. The predicted octanol–water partition coefficient (Wildman–Crippen LogP) is 3.66. The largest absolute Gasteiger partial charge is 0.434 e. The number of likely N-dealkylation sites (tertiary alicyclic amines) is 1. The summed E-state index contributed by atoms with van der Waals surface area (Å²) in [4.78, 5) is 45.9. The Balaban J connectivity index is 1.41. The van der Waals surface area contributed by atoms with Crippen LogP contribution in [0.4, 0.5) is 0 Å². The summed E-state index contributed by atoms with van der Waals surface area (Å²) in [7, 11) is -3.83. The van der Waals surface area contributed by atoms with Crippen LogP contribution in [0.1, 0.15) is 40.8 Å². The second-order valence-corrected chi connectivity index (χ2v) is 11.6. The first-order valence-corrected chi connectivity index (χ1v) is 14.2. The maximum Gasteiger partial charge on any atom is 0.266 e. The van der Waals surface area contributed by atoms with Crippen molar-refractivity contribution < 1.29 is 27.2 Å². The number of nitrogens with zero attached hydrogens (tertiary/aromatic N) is 2. The average molecular weight is 546 g/mol. The quantitative estimate of drug-likeness (QED) is 0.335. The van der Waals surface area contributed by atoms with Crippen LogP contribution in [0.25, 0.3) is 11.1 Å². The number of benzene rings is 3. The molecule has 1 fully saturated rings. The van der Waals surface area contributed by atoms with Gasteiger partial charge in [0.15, 0.2) is 15.4 Å². The van der Waals surface area contributed by atoms with Crippen molar-refractivity contribution in [3.63, 3.8) is 0 Å². The number of carbonyl (C=O) groups is 3. The van der Waals surface area contributed by atoms with Crippen LogP contribution in [0.3, 0.4) is 0 Å². The molecule has 39 heavy (non-hydrogen) atoms. The first kappa shape index (κ1) is 26.3. The Kier molecular flexibility index (Phi) is 7.30. The smallest absolute Gasteiger partial charge is 0.266 e. The van der Waals surface area contributed by atoms with Gasteiger partial charge in [0, 0.05) is 12.1 Å². The average Bonchev–Trinajstić information content (AvgIpc) is 3.62. The molecule has 3 atom stereocenters. The number of sulfone groups is 1. The van der Waals surface area contributed by atoms with Crippen molar-refractivity contribution in [1.82, 2.24) is 15.2 Å². The molecule has 0 radical (unpaired) electrons. The lowest BCUT2D eigenvalue weighted by Gasteiger charge is -2.25. The van der Waals surface area contributed by atoms with Crippen LogP contribution in [0.15, 0.2) is 94.2 Å².